The molecule has 2 aromatic rings. The first-order chi connectivity index (χ1) is 9.45. The predicted molar refractivity (Wildman–Crippen MR) is 88.0 cm³/mol. The van der Waals surface area contributed by atoms with E-state index >= 15 is 0 Å². The van der Waals surface area contributed by atoms with Crippen LogP contribution in [0.1, 0.15) is 5.56 Å². The summed E-state index contributed by atoms with van der Waals surface area (Å²) < 4.78 is 0.963. The summed E-state index contributed by atoms with van der Waals surface area (Å²) in [6.07, 6.45) is 0. The van der Waals surface area contributed by atoms with Gasteiger partial charge in [-0.15, -0.1) is 0 Å². The van der Waals surface area contributed by atoms with Crippen molar-refractivity contribution >= 4 is 56.5 Å². The number of hydrogen-bond acceptors (Lipinski definition) is 1. The highest BCUT2D eigenvalue weighted by Crippen LogP contribution is 2.25. The lowest BCUT2D eigenvalue weighted by molar-refractivity contribution is 0.262. The Kier molecular flexibility index (Phi) is 4.91. The Bertz CT molecular complexity index is 662. The first kappa shape index (κ1) is 15.2. The number of aryl methyl sites for hydroxylation is 1. The van der Waals surface area contributed by atoms with Crippen molar-refractivity contribution in [2.24, 2.45) is 0 Å². The lowest BCUT2D eigenvalue weighted by Gasteiger charge is -2.10. The fraction of sp³-hybridized carbons (Fsp3) is 0.0714. The van der Waals surface area contributed by atoms with Crippen molar-refractivity contribution in [1.29, 1.82) is 0 Å². The van der Waals surface area contributed by atoms with Gasteiger partial charge in [-0.3, -0.25) is 0 Å². The van der Waals surface area contributed by atoms with Crippen LogP contribution < -0.4 is 10.6 Å². The highest BCUT2D eigenvalue weighted by atomic mass is 79.9. The number of halogens is 3. The summed E-state index contributed by atoms with van der Waals surface area (Å²) in [5.74, 6) is 0. The average Bonchev–Trinajstić information content (AvgIpc) is 2.37. The Hall–Kier alpha value is -1.23. The summed E-state index contributed by atoms with van der Waals surface area (Å²) in [5, 5.41) is 6.31. The standard InChI is InChI=1S/C14H11BrCl2N2O/c1-8-6-9(15)2-5-13(8)19-14(20)18-10-3-4-11(16)12(17)7-10/h2-7H,1H3,(H2,18,19,20). The highest BCUT2D eigenvalue weighted by molar-refractivity contribution is 9.10. The quantitative estimate of drug-likeness (QED) is 0.695. The van der Waals surface area contributed by atoms with E-state index < -0.39 is 0 Å². The summed E-state index contributed by atoms with van der Waals surface area (Å²) in [7, 11) is 0. The van der Waals surface area contributed by atoms with Gasteiger partial charge in [-0.1, -0.05) is 39.1 Å². The van der Waals surface area contributed by atoms with E-state index in [1.54, 1.807) is 18.2 Å². The van der Waals surface area contributed by atoms with Gasteiger partial charge in [0.2, 0.25) is 0 Å². The number of hydrogen-bond donors (Lipinski definition) is 2. The minimum Gasteiger partial charge on any atom is -0.308 e. The van der Waals surface area contributed by atoms with Gasteiger partial charge in [-0.25, -0.2) is 4.79 Å². The number of urea groups is 1. The van der Waals surface area contributed by atoms with E-state index in [0.717, 1.165) is 15.7 Å². The van der Waals surface area contributed by atoms with Gasteiger partial charge >= 0.3 is 6.03 Å². The number of carbonyl (C=O) groups is 1. The molecular weight excluding hydrogens is 363 g/mol. The first-order valence-electron chi connectivity index (χ1n) is 5.75. The minimum atomic E-state index is -0.339. The van der Waals surface area contributed by atoms with Crippen LogP contribution in [-0.4, -0.2) is 6.03 Å². The third-order valence-electron chi connectivity index (χ3n) is 2.61. The lowest BCUT2D eigenvalue weighted by Crippen LogP contribution is -2.19. The molecule has 2 amide bonds. The Balaban J connectivity index is 2.07. The number of amides is 2. The van der Waals surface area contributed by atoms with Crippen LogP contribution in [0.4, 0.5) is 16.2 Å². The number of carbonyl (C=O) groups excluding carboxylic acids is 1. The van der Waals surface area contributed by atoms with Gasteiger partial charge in [0.1, 0.15) is 0 Å². The van der Waals surface area contributed by atoms with E-state index in [2.05, 4.69) is 26.6 Å². The summed E-state index contributed by atoms with van der Waals surface area (Å²) in [6.45, 7) is 1.92. The SMILES string of the molecule is Cc1cc(Br)ccc1NC(=O)Nc1ccc(Cl)c(Cl)c1. The Morgan fingerprint density at radius 1 is 1.05 bits per heavy atom. The van der Waals surface area contributed by atoms with Crippen LogP contribution in [0.15, 0.2) is 40.9 Å². The molecule has 0 heterocycles. The molecule has 2 N–H and O–H groups in total. The molecule has 0 aromatic heterocycles. The average molecular weight is 374 g/mol. The molecule has 0 fully saturated rings. The fourth-order valence-corrected chi connectivity index (χ4v) is 2.40. The maximum atomic E-state index is 11.9. The van der Waals surface area contributed by atoms with Crippen LogP contribution in [0.3, 0.4) is 0 Å². The van der Waals surface area contributed by atoms with E-state index in [0.29, 0.717) is 15.7 Å². The molecule has 0 saturated heterocycles. The molecule has 104 valence electrons. The second-order valence-corrected chi connectivity index (χ2v) is 5.90. The molecule has 0 unspecified atom stereocenters. The van der Waals surface area contributed by atoms with Crippen LogP contribution in [-0.2, 0) is 0 Å². The van der Waals surface area contributed by atoms with E-state index in [1.807, 2.05) is 25.1 Å². The van der Waals surface area contributed by atoms with E-state index in [-0.39, 0.29) is 6.03 Å². The number of anilines is 2. The molecule has 0 atom stereocenters. The van der Waals surface area contributed by atoms with Crippen LogP contribution in [0.25, 0.3) is 0 Å². The monoisotopic (exact) mass is 372 g/mol. The summed E-state index contributed by atoms with van der Waals surface area (Å²) in [6, 6.07) is 10.2. The van der Waals surface area contributed by atoms with Crippen LogP contribution in [0.5, 0.6) is 0 Å². The van der Waals surface area contributed by atoms with Gasteiger partial charge in [0.05, 0.1) is 10.0 Å². The van der Waals surface area contributed by atoms with Crippen molar-refractivity contribution in [3.63, 3.8) is 0 Å². The molecule has 6 heteroatoms. The first-order valence-corrected chi connectivity index (χ1v) is 7.30. The molecule has 0 aliphatic rings. The highest BCUT2D eigenvalue weighted by Gasteiger charge is 2.06. The largest absolute Gasteiger partial charge is 0.323 e. The lowest BCUT2D eigenvalue weighted by atomic mass is 10.2. The summed E-state index contributed by atoms with van der Waals surface area (Å²) in [4.78, 5) is 11.9. The van der Waals surface area contributed by atoms with Crippen molar-refractivity contribution in [1.82, 2.24) is 0 Å². The van der Waals surface area contributed by atoms with Crippen molar-refractivity contribution < 1.29 is 4.79 Å². The van der Waals surface area contributed by atoms with Gasteiger partial charge in [-0.05, 0) is 48.9 Å². The molecule has 2 rings (SSSR count). The zero-order valence-corrected chi connectivity index (χ0v) is 13.6. The van der Waals surface area contributed by atoms with Crippen LogP contribution in [0.2, 0.25) is 10.0 Å². The van der Waals surface area contributed by atoms with E-state index in [1.165, 1.54) is 0 Å². The molecule has 0 radical (unpaired) electrons. The topological polar surface area (TPSA) is 41.1 Å². The van der Waals surface area contributed by atoms with E-state index in [4.69, 9.17) is 23.2 Å². The Morgan fingerprint density at radius 3 is 2.45 bits per heavy atom. The minimum absolute atomic E-state index is 0.339. The predicted octanol–water partition coefficient (Wildman–Crippen LogP) is 5.71. The van der Waals surface area contributed by atoms with Gasteiger partial charge in [0.25, 0.3) is 0 Å². The number of nitrogens with one attached hydrogen (secondary N) is 2. The van der Waals surface area contributed by atoms with Crippen molar-refractivity contribution in [2.75, 3.05) is 10.6 Å². The van der Waals surface area contributed by atoms with Gasteiger partial charge in [-0.2, -0.15) is 0 Å². The molecule has 2 aromatic carbocycles. The number of rotatable bonds is 2. The maximum Gasteiger partial charge on any atom is 0.323 e. The van der Waals surface area contributed by atoms with Crippen LogP contribution >= 0.6 is 39.1 Å². The molecule has 0 spiro atoms. The molecule has 0 aliphatic carbocycles. The zero-order valence-electron chi connectivity index (χ0n) is 10.5. The third kappa shape index (κ3) is 3.88. The second-order valence-electron chi connectivity index (χ2n) is 4.17. The van der Waals surface area contributed by atoms with Gasteiger partial charge in [0.15, 0.2) is 0 Å². The summed E-state index contributed by atoms with van der Waals surface area (Å²) >= 11 is 15.1. The zero-order chi connectivity index (χ0) is 14.7. The van der Waals surface area contributed by atoms with Gasteiger partial charge in [0, 0.05) is 15.8 Å². The fourth-order valence-electron chi connectivity index (χ4n) is 1.63. The van der Waals surface area contributed by atoms with Crippen molar-refractivity contribution in [2.45, 2.75) is 6.92 Å². The van der Waals surface area contributed by atoms with E-state index in [9.17, 15) is 4.79 Å². The molecule has 0 saturated carbocycles. The van der Waals surface area contributed by atoms with Gasteiger partial charge < -0.3 is 10.6 Å². The van der Waals surface area contributed by atoms with Crippen molar-refractivity contribution in [3.05, 3.63) is 56.5 Å². The molecule has 0 bridgehead atoms. The maximum absolute atomic E-state index is 11.9. The van der Waals surface area contributed by atoms with Crippen molar-refractivity contribution in [3.8, 4) is 0 Å². The normalized spacial score (nSPS) is 10.2. The third-order valence-corrected chi connectivity index (χ3v) is 3.85. The smallest absolute Gasteiger partial charge is 0.308 e. The molecule has 3 nitrogen and oxygen atoms in total. The Labute approximate surface area is 135 Å². The molecule has 20 heavy (non-hydrogen) atoms. The van der Waals surface area contributed by atoms with Crippen LogP contribution in [0, 0.1) is 6.92 Å². The second kappa shape index (κ2) is 6.48. The Morgan fingerprint density at radius 2 is 1.80 bits per heavy atom. The summed E-state index contributed by atoms with van der Waals surface area (Å²) in [5.41, 5.74) is 2.28. The molecular formula is C14H11BrCl2N2O. The molecule has 0 aliphatic heterocycles. The number of benzene rings is 2.